The molecule has 5 heteroatoms. The van der Waals surface area contributed by atoms with Crippen molar-refractivity contribution in [1.82, 2.24) is 10.2 Å². The second-order valence-electron chi connectivity index (χ2n) is 4.82. The number of hydrogen-bond acceptors (Lipinski definition) is 4. The van der Waals surface area contributed by atoms with E-state index in [9.17, 15) is 4.79 Å². The van der Waals surface area contributed by atoms with Gasteiger partial charge in [0.25, 0.3) is 0 Å². The van der Waals surface area contributed by atoms with Gasteiger partial charge in [-0.05, 0) is 12.8 Å². The second kappa shape index (κ2) is 9.89. The number of anilines is 1. The molecule has 0 saturated carbocycles. The first-order chi connectivity index (χ1) is 9.26. The van der Waals surface area contributed by atoms with E-state index in [4.69, 9.17) is 0 Å². The zero-order chi connectivity index (χ0) is 13.9. The van der Waals surface area contributed by atoms with Crippen LogP contribution in [0.3, 0.4) is 0 Å². The minimum atomic E-state index is 0.0322. The fourth-order valence-electron chi connectivity index (χ4n) is 1.87. The molecule has 1 amide bonds. The number of rotatable bonds is 10. The molecule has 0 aliphatic carbocycles. The van der Waals surface area contributed by atoms with Gasteiger partial charge in [0.05, 0.1) is 0 Å². The predicted molar refractivity (Wildman–Crippen MR) is 80.5 cm³/mol. The molecule has 1 aromatic heterocycles. The zero-order valence-electron chi connectivity index (χ0n) is 12.1. The lowest BCUT2D eigenvalue weighted by Crippen LogP contribution is -2.10. The number of hydrogen-bond donors (Lipinski definition) is 1. The van der Waals surface area contributed by atoms with E-state index in [-0.39, 0.29) is 5.91 Å². The number of nitrogens with one attached hydrogen (secondary N) is 1. The lowest BCUT2D eigenvalue weighted by molar-refractivity contribution is -0.116. The van der Waals surface area contributed by atoms with Gasteiger partial charge in [0.1, 0.15) is 5.01 Å². The Morgan fingerprint density at radius 2 is 1.79 bits per heavy atom. The molecule has 1 aromatic rings. The van der Waals surface area contributed by atoms with Crippen LogP contribution in [-0.2, 0) is 11.2 Å². The first kappa shape index (κ1) is 16.1. The van der Waals surface area contributed by atoms with Gasteiger partial charge in [-0.1, -0.05) is 57.3 Å². The minimum Gasteiger partial charge on any atom is -0.301 e. The van der Waals surface area contributed by atoms with Crippen molar-refractivity contribution in [3.63, 3.8) is 0 Å². The van der Waals surface area contributed by atoms with Gasteiger partial charge in [-0.2, -0.15) is 0 Å². The third kappa shape index (κ3) is 7.25. The lowest BCUT2D eigenvalue weighted by Gasteiger charge is -1.98. The van der Waals surface area contributed by atoms with Gasteiger partial charge in [0, 0.05) is 12.8 Å². The molecule has 108 valence electrons. The van der Waals surface area contributed by atoms with E-state index in [1.165, 1.54) is 49.9 Å². The highest BCUT2D eigenvalue weighted by Gasteiger charge is 2.07. The molecular formula is C14H25N3OS. The molecule has 0 bridgehead atoms. The number of unbranched alkanes of at least 4 members (excludes halogenated alkanes) is 5. The van der Waals surface area contributed by atoms with E-state index in [0.717, 1.165) is 17.8 Å². The summed E-state index contributed by atoms with van der Waals surface area (Å²) in [5.74, 6) is 0.0322. The maximum atomic E-state index is 11.4. The van der Waals surface area contributed by atoms with Gasteiger partial charge in [-0.25, -0.2) is 0 Å². The minimum absolute atomic E-state index is 0.0322. The highest BCUT2D eigenvalue weighted by Crippen LogP contribution is 2.18. The molecule has 1 N–H and O–H groups in total. The van der Waals surface area contributed by atoms with Crippen molar-refractivity contribution < 1.29 is 4.79 Å². The fraction of sp³-hybridized carbons (Fsp3) is 0.786. The van der Waals surface area contributed by atoms with Gasteiger partial charge in [0.15, 0.2) is 0 Å². The zero-order valence-corrected chi connectivity index (χ0v) is 12.9. The molecule has 0 atom stereocenters. The summed E-state index contributed by atoms with van der Waals surface area (Å²) in [6.07, 6.45) is 10.1. The largest absolute Gasteiger partial charge is 0.301 e. The van der Waals surface area contributed by atoms with Gasteiger partial charge in [-0.15, -0.1) is 10.2 Å². The van der Waals surface area contributed by atoms with Crippen molar-refractivity contribution in [2.75, 3.05) is 5.32 Å². The molecule has 1 rings (SSSR count). The van der Waals surface area contributed by atoms with Crippen LogP contribution >= 0.6 is 11.3 Å². The number of aromatic nitrogens is 2. The summed E-state index contributed by atoms with van der Waals surface area (Å²) in [7, 11) is 0. The topological polar surface area (TPSA) is 54.9 Å². The number of aryl methyl sites for hydroxylation is 1. The molecule has 0 radical (unpaired) electrons. The number of carbonyl (C=O) groups excluding carboxylic acids is 1. The number of carbonyl (C=O) groups is 1. The van der Waals surface area contributed by atoms with Crippen LogP contribution in [0.2, 0.25) is 0 Å². The Morgan fingerprint density at radius 3 is 2.53 bits per heavy atom. The third-order valence-electron chi connectivity index (χ3n) is 2.93. The number of amides is 1. The molecule has 1 heterocycles. The highest BCUT2D eigenvalue weighted by molar-refractivity contribution is 7.15. The summed E-state index contributed by atoms with van der Waals surface area (Å²) in [6.45, 7) is 4.22. The fourth-order valence-corrected chi connectivity index (χ4v) is 2.67. The summed E-state index contributed by atoms with van der Waals surface area (Å²) in [5, 5.41) is 12.6. The Labute approximate surface area is 120 Å². The maximum absolute atomic E-state index is 11.4. The van der Waals surface area contributed by atoms with Crippen molar-refractivity contribution in [1.29, 1.82) is 0 Å². The van der Waals surface area contributed by atoms with Gasteiger partial charge < -0.3 is 5.32 Å². The Morgan fingerprint density at radius 1 is 1.05 bits per heavy atom. The van der Waals surface area contributed by atoms with Crippen molar-refractivity contribution >= 4 is 22.4 Å². The Hall–Kier alpha value is -0.970. The van der Waals surface area contributed by atoms with Crippen molar-refractivity contribution in [3.05, 3.63) is 5.01 Å². The first-order valence-electron chi connectivity index (χ1n) is 7.38. The summed E-state index contributed by atoms with van der Waals surface area (Å²) in [6, 6.07) is 0. The lowest BCUT2D eigenvalue weighted by atomic mass is 10.1. The quantitative estimate of drug-likeness (QED) is 0.655. The van der Waals surface area contributed by atoms with Crippen LogP contribution in [0.15, 0.2) is 0 Å². The van der Waals surface area contributed by atoms with Crippen molar-refractivity contribution in [2.45, 2.75) is 71.6 Å². The Bertz CT molecular complexity index is 365. The molecule has 0 spiro atoms. The highest BCUT2D eigenvalue weighted by atomic mass is 32.1. The summed E-state index contributed by atoms with van der Waals surface area (Å²) in [5.41, 5.74) is 0. The first-order valence-corrected chi connectivity index (χ1v) is 8.20. The van der Waals surface area contributed by atoms with Crippen molar-refractivity contribution in [3.8, 4) is 0 Å². The monoisotopic (exact) mass is 283 g/mol. The Balaban J connectivity index is 2.18. The van der Waals surface area contributed by atoms with Crippen LogP contribution < -0.4 is 5.32 Å². The van der Waals surface area contributed by atoms with Crippen LogP contribution in [0, 0.1) is 0 Å². The predicted octanol–water partition coefficient (Wildman–Crippen LogP) is 4.18. The van der Waals surface area contributed by atoms with E-state index in [1.54, 1.807) is 0 Å². The molecule has 19 heavy (non-hydrogen) atoms. The van der Waals surface area contributed by atoms with Crippen LogP contribution in [0.4, 0.5) is 5.13 Å². The van der Waals surface area contributed by atoms with E-state index in [1.807, 2.05) is 6.92 Å². The van der Waals surface area contributed by atoms with Gasteiger partial charge in [-0.3, -0.25) is 4.79 Å². The van der Waals surface area contributed by atoms with Gasteiger partial charge in [0.2, 0.25) is 11.0 Å². The van der Waals surface area contributed by atoms with Gasteiger partial charge >= 0.3 is 0 Å². The SMILES string of the molecule is CCCCCCCCc1nnc(NC(=O)CCC)s1. The summed E-state index contributed by atoms with van der Waals surface area (Å²) in [4.78, 5) is 11.4. The standard InChI is InChI=1S/C14H25N3OS/c1-3-5-6-7-8-9-11-13-16-17-14(19-13)15-12(18)10-4-2/h3-11H2,1-2H3,(H,15,17,18). The molecule has 0 unspecified atom stereocenters. The normalized spacial score (nSPS) is 10.6. The van der Waals surface area contributed by atoms with Crippen LogP contribution in [0.5, 0.6) is 0 Å². The maximum Gasteiger partial charge on any atom is 0.226 e. The van der Waals surface area contributed by atoms with E-state index in [2.05, 4.69) is 22.4 Å². The number of nitrogens with zero attached hydrogens (tertiary/aromatic N) is 2. The third-order valence-corrected chi connectivity index (χ3v) is 3.83. The van der Waals surface area contributed by atoms with E-state index < -0.39 is 0 Å². The molecule has 0 fully saturated rings. The molecule has 4 nitrogen and oxygen atoms in total. The molecule has 0 saturated heterocycles. The molecule has 0 aliphatic rings. The van der Waals surface area contributed by atoms with Crippen LogP contribution in [0.25, 0.3) is 0 Å². The van der Waals surface area contributed by atoms with E-state index >= 15 is 0 Å². The molecule has 0 aliphatic heterocycles. The summed E-state index contributed by atoms with van der Waals surface area (Å²) < 4.78 is 0. The van der Waals surface area contributed by atoms with Crippen molar-refractivity contribution in [2.24, 2.45) is 0 Å². The average molecular weight is 283 g/mol. The van der Waals surface area contributed by atoms with Crippen LogP contribution in [0.1, 0.15) is 70.2 Å². The molecular weight excluding hydrogens is 258 g/mol. The van der Waals surface area contributed by atoms with Crippen LogP contribution in [-0.4, -0.2) is 16.1 Å². The smallest absolute Gasteiger partial charge is 0.226 e. The summed E-state index contributed by atoms with van der Waals surface area (Å²) >= 11 is 1.50. The Kier molecular flexibility index (Phi) is 8.38. The second-order valence-corrected chi connectivity index (χ2v) is 5.88. The molecule has 0 aromatic carbocycles. The van der Waals surface area contributed by atoms with E-state index in [0.29, 0.717) is 11.6 Å². The average Bonchev–Trinajstić information content (AvgIpc) is 2.81.